The summed E-state index contributed by atoms with van der Waals surface area (Å²) < 4.78 is 2.14. The highest BCUT2D eigenvalue weighted by Gasteiger charge is 2.13. The Labute approximate surface area is 94.6 Å². The van der Waals surface area contributed by atoms with Crippen molar-refractivity contribution in [3.05, 3.63) is 30.1 Å². The van der Waals surface area contributed by atoms with Gasteiger partial charge in [0.15, 0.2) is 0 Å². The Kier molecular flexibility index (Phi) is 2.64. The number of aryl methyl sites for hydroxylation is 1. The largest absolute Gasteiger partial charge is 0.388 e. The van der Waals surface area contributed by atoms with Crippen LogP contribution in [0.5, 0.6) is 0 Å². The van der Waals surface area contributed by atoms with Crippen LogP contribution in [0.3, 0.4) is 0 Å². The summed E-state index contributed by atoms with van der Waals surface area (Å²) in [6.07, 6.45) is 0.557. The molecule has 1 unspecified atom stereocenters. The van der Waals surface area contributed by atoms with E-state index < -0.39 is 0 Å². The number of imidazole rings is 1. The maximum Gasteiger partial charge on any atom is 0.106 e. The summed E-state index contributed by atoms with van der Waals surface area (Å²) in [5, 5.41) is 7.35. The minimum Gasteiger partial charge on any atom is -0.388 e. The van der Waals surface area contributed by atoms with E-state index in [-0.39, 0.29) is 11.9 Å². The molecule has 16 heavy (non-hydrogen) atoms. The van der Waals surface area contributed by atoms with Crippen molar-refractivity contribution < 1.29 is 0 Å². The molecule has 0 aliphatic rings. The number of nitrogens with zero attached hydrogens (tertiary/aromatic N) is 2. The molecule has 0 spiro atoms. The fourth-order valence-electron chi connectivity index (χ4n) is 2.13. The van der Waals surface area contributed by atoms with Gasteiger partial charge < -0.3 is 10.3 Å². The number of para-hydroxylation sites is 2. The minimum atomic E-state index is 0.171. The fraction of sp³-hybridized carbons (Fsp3) is 0.333. The Morgan fingerprint density at radius 1 is 1.50 bits per heavy atom. The third-order valence-corrected chi connectivity index (χ3v) is 2.73. The molecule has 4 heteroatoms. The molecule has 0 aliphatic carbocycles. The highest BCUT2D eigenvalue weighted by Crippen LogP contribution is 2.22. The molecule has 1 aromatic heterocycles. The topological polar surface area (TPSA) is 67.7 Å². The van der Waals surface area contributed by atoms with Crippen LogP contribution >= 0.6 is 0 Å². The molecule has 4 nitrogen and oxygen atoms in total. The second-order valence-corrected chi connectivity index (χ2v) is 4.10. The van der Waals surface area contributed by atoms with Crippen molar-refractivity contribution in [2.75, 3.05) is 0 Å². The Hall–Kier alpha value is -1.84. The number of hydrogen-bond donors (Lipinski definition) is 2. The van der Waals surface area contributed by atoms with Gasteiger partial charge in [0.1, 0.15) is 5.82 Å². The van der Waals surface area contributed by atoms with Crippen molar-refractivity contribution in [2.24, 2.45) is 5.73 Å². The molecule has 2 rings (SSSR count). The van der Waals surface area contributed by atoms with Crippen molar-refractivity contribution in [1.82, 2.24) is 9.55 Å². The van der Waals surface area contributed by atoms with Gasteiger partial charge in [-0.15, -0.1) is 0 Å². The molecule has 1 aromatic carbocycles. The van der Waals surface area contributed by atoms with Crippen LogP contribution in [0.4, 0.5) is 0 Å². The fourth-order valence-corrected chi connectivity index (χ4v) is 2.13. The third kappa shape index (κ3) is 1.78. The van der Waals surface area contributed by atoms with Crippen LogP contribution < -0.4 is 5.73 Å². The Bertz CT molecular complexity index is 527. The standard InChI is InChI=1S/C12H16N4/c1-8(7-12(13)14)16-9(2)15-10-5-3-4-6-11(10)16/h3-6,8H,7H2,1-2H3,(H3,13,14). The first kappa shape index (κ1) is 10.7. The first-order chi connectivity index (χ1) is 7.59. The van der Waals surface area contributed by atoms with Gasteiger partial charge in [0, 0.05) is 12.5 Å². The maximum absolute atomic E-state index is 7.35. The van der Waals surface area contributed by atoms with Crippen LogP contribution in [-0.4, -0.2) is 15.4 Å². The molecular formula is C12H16N4. The normalized spacial score (nSPS) is 12.9. The number of amidine groups is 1. The van der Waals surface area contributed by atoms with Gasteiger partial charge in [-0.05, 0) is 26.0 Å². The van der Waals surface area contributed by atoms with Crippen molar-refractivity contribution in [3.8, 4) is 0 Å². The quantitative estimate of drug-likeness (QED) is 0.610. The van der Waals surface area contributed by atoms with Gasteiger partial charge >= 0.3 is 0 Å². The van der Waals surface area contributed by atoms with E-state index in [1.165, 1.54) is 0 Å². The van der Waals surface area contributed by atoms with Crippen molar-refractivity contribution in [2.45, 2.75) is 26.3 Å². The van der Waals surface area contributed by atoms with Crippen LogP contribution in [0.15, 0.2) is 24.3 Å². The minimum absolute atomic E-state index is 0.171. The molecule has 0 aliphatic heterocycles. The molecule has 2 aromatic rings. The van der Waals surface area contributed by atoms with Gasteiger partial charge in [-0.2, -0.15) is 0 Å². The predicted octanol–water partition coefficient (Wildman–Crippen LogP) is 2.23. The molecule has 0 fully saturated rings. The van der Waals surface area contributed by atoms with E-state index in [1.54, 1.807) is 0 Å². The monoisotopic (exact) mass is 216 g/mol. The average molecular weight is 216 g/mol. The van der Waals surface area contributed by atoms with E-state index >= 15 is 0 Å². The summed E-state index contributed by atoms with van der Waals surface area (Å²) in [4.78, 5) is 4.49. The summed E-state index contributed by atoms with van der Waals surface area (Å²) in [5.41, 5.74) is 7.54. The highest BCUT2D eigenvalue weighted by atomic mass is 15.1. The SMILES string of the molecule is Cc1nc2ccccc2n1C(C)CC(=N)N. The van der Waals surface area contributed by atoms with E-state index in [9.17, 15) is 0 Å². The summed E-state index contributed by atoms with van der Waals surface area (Å²) >= 11 is 0. The highest BCUT2D eigenvalue weighted by molar-refractivity contribution is 5.79. The van der Waals surface area contributed by atoms with Crippen LogP contribution in [0.1, 0.15) is 25.2 Å². The smallest absolute Gasteiger partial charge is 0.106 e. The number of aromatic nitrogens is 2. The van der Waals surface area contributed by atoms with Crippen molar-refractivity contribution in [1.29, 1.82) is 5.41 Å². The Morgan fingerprint density at radius 2 is 2.19 bits per heavy atom. The van der Waals surface area contributed by atoms with Gasteiger partial charge in [-0.3, -0.25) is 5.41 Å². The first-order valence-corrected chi connectivity index (χ1v) is 5.36. The first-order valence-electron chi connectivity index (χ1n) is 5.36. The van der Waals surface area contributed by atoms with Crippen molar-refractivity contribution in [3.63, 3.8) is 0 Å². The van der Waals surface area contributed by atoms with Crippen LogP contribution in [-0.2, 0) is 0 Å². The van der Waals surface area contributed by atoms with Crippen LogP contribution in [0.25, 0.3) is 11.0 Å². The lowest BCUT2D eigenvalue weighted by atomic mass is 10.2. The van der Waals surface area contributed by atoms with Crippen LogP contribution in [0, 0.1) is 12.3 Å². The molecule has 3 N–H and O–H groups in total. The third-order valence-electron chi connectivity index (χ3n) is 2.73. The van der Waals surface area contributed by atoms with E-state index in [0.717, 1.165) is 16.9 Å². The zero-order valence-electron chi connectivity index (χ0n) is 9.57. The summed E-state index contributed by atoms with van der Waals surface area (Å²) in [5.74, 6) is 1.18. The molecular weight excluding hydrogens is 200 g/mol. The number of nitrogens with one attached hydrogen (secondary N) is 1. The second kappa shape index (κ2) is 3.96. The van der Waals surface area contributed by atoms with E-state index in [2.05, 4.69) is 16.5 Å². The number of hydrogen-bond acceptors (Lipinski definition) is 2. The molecule has 0 bridgehead atoms. The molecule has 84 valence electrons. The predicted molar refractivity (Wildman–Crippen MR) is 65.7 cm³/mol. The molecule has 0 amide bonds. The second-order valence-electron chi connectivity index (χ2n) is 4.10. The lowest BCUT2D eigenvalue weighted by Gasteiger charge is -2.15. The molecule has 1 atom stereocenters. The average Bonchev–Trinajstić information content (AvgIpc) is 2.52. The van der Waals surface area contributed by atoms with Gasteiger partial charge in [0.05, 0.1) is 16.9 Å². The Balaban J connectivity index is 2.50. The summed E-state index contributed by atoms with van der Waals surface area (Å²) in [7, 11) is 0. The van der Waals surface area contributed by atoms with E-state index in [1.807, 2.05) is 31.2 Å². The van der Waals surface area contributed by atoms with Gasteiger partial charge in [0.25, 0.3) is 0 Å². The number of rotatable bonds is 3. The van der Waals surface area contributed by atoms with Gasteiger partial charge in [0.2, 0.25) is 0 Å². The Morgan fingerprint density at radius 3 is 2.88 bits per heavy atom. The van der Waals surface area contributed by atoms with Crippen molar-refractivity contribution >= 4 is 16.9 Å². The van der Waals surface area contributed by atoms with E-state index in [4.69, 9.17) is 11.1 Å². The molecule has 0 radical (unpaired) electrons. The van der Waals surface area contributed by atoms with Crippen LogP contribution in [0.2, 0.25) is 0 Å². The molecule has 1 heterocycles. The summed E-state index contributed by atoms with van der Waals surface area (Å²) in [6.45, 7) is 4.04. The summed E-state index contributed by atoms with van der Waals surface area (Å²) in [6, 6.07) is 8.20. The zero-order valence-corrected chi connectivity index (χ0v) is 9.57. The number of nitrogens with two attached hydrogens (primary N) is 1. The number of fused-ring (bicyclic) bond motifs is 1. The van der Waals surface area contributed by atoms with Gasteiger partial charge in [-0.25, -0.2) is 4.98 Å². The maximum atomic E-state index is 7.35. The lowest BCUT2D eigenvalue weighted by molar-refractivity contribution is 0.565. The molecule has 0 saturated carbocycles. The molecule has 0 saturated heterocycles. The zero-order chi connectivity index (χ0) is 11.7. The van der Waals surface area contributed by atoms with Gasteiger partial charge in [-0.1, -0.05) is 12.1 Å². The number of benzene rings is 1. The lowest BCUT2D eigenvalue weighted by Crippen LogP contribution is -2.17. The van der Waals surface area contributed by atoms with E-state index in [0.29, 0.717) is 6.42 Å².